The van der Waals surface area contributed by atoms with Crippen LogP contribution in [-0.2, 0) is 0 Å². The van der Waals surface area contributed by atoms with Crippen LogP contribution < -0.4 is 5.32 Å². The Morgan fingerprint density at radius 1 is 1.29 bits per heavy atom. The minimum atomic E-state index is -0.148. The van der Waals surface area contributed by atoms with Crippen molar-refractivity contribution in [3.05, 3.63) is 35.6 Å². The second kappa shape index (κ2) is 4.09. The van der Waals surface area contributed by atoms with Crippen LogP contribution in [0.5, 0.6) is 0 Å². The van der Waals surface area contributed by atoms with Gasteiger partial charge in [-0.1, -0.05) is 12.1 Å². The van der Waals surface area contributed by atoms with E-state index >= 15 is 0 Å². The summed E-state index contributed by atoms with van der Waals surface area (Å²) < 4.78 is 12.7. The van der Waals surface area contributed by atoms with Crippen molar-refractivity contribution in [2.75, 3.05) is 6.54 Å². The molecule has 1 N–H and O–H groups in total. The smallest absolute Gasteiger partial charge is 0.123 e. The first kappa shape index (κ1) is 9.66. The predicted molar refractivity (Wildman–Crippen MR) is 55.8 cm³/mol. The molecule has 2 heteroatoms. The Bertz CT molecular complexity index is 294. The van der Waals surface area contributed by atoms with Gasteiger partial charge >= 0.3 is 0 Å². The highest BCUT2D eigenvalue weighted by Gasteiger charge is 2.21. The van der Waals surface area contributed by atoms with Crippen LogP contribution in [0.3, 0.4) is 0 Å². The lowest BCUT2D eigenvalue weighted by molar-refractivity contribution is 0.371. The highest BCUT2D eigenvalue weighted by atomic mass is 19.1. The van der Waals surface area contributed by atoms with Crippen LogP contribution in [0.1, 0.15) is 31.2 Å². The quantitative estimate of drug-likeness (QED) is 0.723. The van der Waals surface area contributed by atoms with E-state index in [1.54, 1.807) is 12.1 Å². The van der Waals surface area contributed by atoms with E-state index in [2.05, 4.69) is 12.2 Å². The number of nitrogens with one attached hydrogen (secondary N) is 1. The molecule has 2 rings (SSSR count). The summed E-state index contributed by atoms with van der Waals surface area (Å²) in [5, 5.41) is 3.45. The van der Waals surface area contributed by atoms with Crippen LogP contribution in [0.2, 0.25) is 0 Å². The van der Waals surface area contributed by atoms with Crippen molar-refractivity contribution in [1.82, 2.24) is 5.32 Å². The molecule has 0 saturated carbocycles. The fraction of sp³-hybridized carbons (Fsp3) is 0.500. The first-order valence-corrected chi connectivity index (χ1v) is 5.26. The minimum Gasteiger partial charge on any atom is -0.314 e. The van der Waals surface area contributed by atoms with E-state index in [4.69, 9.17) is 0 Å². The van der Waals surface area contributed by atoms with Gasteiger partial charge in [-0.05, 0) is 49.9 Å². The van der Waals surface area contributed by atoms with Gasteiger partial charge in [-0.15, -0.1) is 0 Å². The van der Waals surface area contributed by atoms with Gasteiger partial charge in [0.25, 0.3) is 0 Å². The number of piperidine rings is 1. The molecule has 1 nitrogen and oxygen atoms in total. The van der Waals surface area contributed by atoms with Crippen molar-refractivity contribution in [2.24, 2.45) is 0 Å². The largest absolute Gasteiger partial charge is 0.314 e. The zero-order valence-electron chi connectivity index (χ0n) is 8.46. The van der Waals surface area contributed by atoms with Crippen LogP contribution in [-0.4, -0.2) is 12.6 Å². The summed E-state index contributed by atoms with van der Waals surface area (Å²) in [6.45, 7) is 3.31. The molecule has 1 saturated heterocycles. The molecule has 76 valence electrons. The molecule has 1 aliphatic heterocycles. The van der Waals surface area contributed by atoms with E-state index in [9.17, 15) is 4.39 Å². The Balaban J connectivity index is 2.16. The average molecular weight is 193 g/mol. The van der Waals surface area contributed by atoms with Crippen molar-refractivity contribution in [1.29, 1.82) is 0 Å². The zero-order chi connectivity index (χ0) is 9.97. The third-order valence-corrected chi connectivity index (χ3v) is 3.06. The van der Waals surface area contributed by atoms with E-state index in [0.717, 1.165) is 6.54 Å². The number of hydrogen-bond acceptors (Lipinski definition) is 1. The van der Waals surface area contributed by atoms with Crippen molar-refractivity contribution >= 4 is 0 Å². The third-order valence-electron chi connectivity index (χ3n) is 3.06. The summed E-state index contributed by atoms with van der Waals surface area (Å²) in [5.41, 5.74) is 1.26. The predicted octanol–water partition coefficient (Wildman–Crippen LogP) is 2.68. The monoisotopic (exact) mass is 193 g/mol. The number of hydrogen-bond donors (Lipinski definition) is 1. The Morgan fingerprint density at radius 3 is 2.64 bits per heavy atom. The van der Waals surface area contributed by atoms with Gasteiger partial charge in [0.05, 0.1) is 0 Å². The molecule has 1 fully saturated rings. The van der Waals surface area contributed by atoms with Crippen LogP contribution in [0, 0.1) is 5.82 Å². The van der Waals surface area contributed by atoms with E-state index in [1.165, 1.54) is 18.4 Å². The average Bonchev–Trinajstić information content (AvgIpc) is 2.20. The number of halogens is 1. The highest BCUT2D eigenvalue weighted by Crippen LogP contribution is 2.27. The van der Waals surface area contributed by atoms with Gasteiger partial charge in [0.2, 0.25) is 0 Å². The molecule has 0 spiro atoms. The van der Waals surface area contributed by atoms with Gasteiger partial charge in [-0.3, -0.25) is 0 Å². The van der Waals surface area contributed by atoms with E-state index < -0.39 is 0 Å². The molecule has 2 atom stereocenters. The van der Waals surface area contributed by atoms with E-state index in [0.29, 0.717) is 12.0 Å². The summed E-state index contributed by atoms with van der Waals surface area (Å²) in [6.07, 6.45) is 2.42. The summed E-state index contributed by atoms with van der Waals surface area (Å²) in [4.78, 5) is 0. The summed E-state index contributed by atoms with van der Waals surface area (Å²) in [6, 6.07) is 7.43. The SMILES string of the molecule is CC1NCCCC1c1ccc(F)cc1. The topological polar surface area (TPSA) is 12.0 Å². The van der Waals surface area contributed by atoms with Crippen molar-refractivity contribution in [2.45, 2.75) is 31.7 Å². The Labute approximate surface area is 84.3 Å². The standard InChI is InChI=1S/C12H16FN/c1-9-12(3-2-8-14-9)10-4-6-11(13)7-5-10/h4-7,9,12,14H,2-3,8H2,1H3. The van der Waals surface area contributed by atoms with Crippen LogP contribution in [0.4, 0.5) is 4.39 Å². The summed E-state index contributed by atoms with van der Waals surface area (Å²) >= 11 is 0. The normalized spacial score (nSPS) is 27.6. The highest BCUT2D eigenvalue weighted by molar-refractivity contribution is 5.22. The van der Waals surface area contributed by atoms with Crippen LogP contribution >= 0.6 is 0 Å². The Kier molecular flexibility index (Phi) is 2.82. The first-order valence-electron chi connectivity index (χ1n) is 5.26. The van der Waals surface area contributed by atoms with Gasteiger partial charge < -0.3 is 5.32 Å². The molecule has 1 aromatic rings. The number of rotatable bonds is 1. The molecule has 14 heavy (non-hydrogen) atoms. The van der Waals surface area contributed by atoms with Gasteiger partial charge in [-0.25, -0.2) is 4.39 Å². The zero-order valence-corrected chi connectivity index (χ0v) is 8.46. The molecule has 1 aromatic carbocycles. The number of benzene rings is 1. The second-order valence-electron chi connectivity index (χ2n) is 4.04. The molecule has 0 bridgehead atoms. The van der Waals surface area contributed by atoms with Crippen molar-refractivity contribution < 1.29 is 4.39 Å². The molecular formula is C12H16FN. The van der Waals surface area contributed by atoms with E-state index in [-0.39, 0.29) is 5.82 Å². The Morgan fingerprint density at radius 2 is 2.00 bits per heavy atom. The maximum Gasteiger partial charge on any atom is 0.123 e. The Hall–Kier alpha value is -0.890. The van der Waals surface area contributed by atoms with Crippen LogP contribution in [0.15, 0.2) is 24.3 Å². The van der Waals surface area contributed by atoms with Crippen molar-refractivity contribution in [3.63, 3.8) is 0 Å². The molecule has 1 heterocycles. The fourth-order valence-electron chi connectivity index (χ4n) is 2.21. The molecule has 0 aromatic heterocycles. The molecule has 1 aliphatic rings. The van der Waals surface area contributed by atoms with Gasteiger partial charge in [0.1, 0.15) is 5.82 Å². The lowest BCUT2D eigenvalue weighted by Crippen LogP contribution is -2.37. The summed E-state index contributed by atoms with van der Waals surface area (Å²) in [5.74, 6) is 0.398. The van der Waals surface area contributed by atoms with Crippen molar-refractivity contribution in [3.8, 4) is 0 Å². The first-order chi connectivity index (χ1) is 6.77. The molecule has 0 aliphatic carbocycles. The second-order valence-corrected chi connectivity index (χ2v) is 4.04. The maximum atomic E-state index is 12.7. The molecule has 0 radical (unpaired) electrons. The lowest BCUT2D eigenvalue weighted by atomic mass is 9.86. The fourth-order valence-corrected chi connectivity index (χ4v) is 2.21. The van der Waals surface area contributed by atoms with Crippen LogP contribution in [0.25, 0.3) is 0 Å². The lowest BCUT2D eigenvalue weighted by Gasteiger charge is -2.30. The van der Waals surface area contributed by atoms with Gasteiger partial charge in [0.15, 0.2) is 0 Å². The maximum absolute atomic E-state index is 12.7. The molecular weight excluding hydrogens is 177 g/mol. The van der Waals surface area contributed by atoms with Gasteiger partial charge in [0, 0.05) is 6.04 Å². The van der Waals surface area contributed by atoms with E-state index in [1.807, 2.05) is 12.1 Å². The minimum absolute atomic E-state index is 0.148. The third kappa shape index (κ3) is 1.95. The molecule has 0 amide bonds. The summed E-state index contributed by atoms with van der Waals surface area (Å²) in [7, 11) is 0. The van der Waals surface area contributed by atoms with Gasteiger partial charge in [-0.2, -0.15) is 0 Å². The molecule has 2 unspecified atom stereocenters.